The van der Waals surface area contributed by atoms with Crippen molar-refractivity contribution in [1.82, 2.24) is 9.69 Å². The van der Waals surface area contributed by atoms with E-state index in [-0.39, 0.29) is 5.43 Å². The second-order valence-corrected chi connectivity index (χ2v) is 8.26. The lowest BCUT2D eigenvalue weighted by Gasteiger charge is -2.27. The predicted molar refractivity (Wildman–Crippen MR) is 116 cm³/mol. The van der Waals surface area contributed by atoms with Crippen LogP contribution in [0.5, 0.6) is 5.75 Å². The summed E-state index contributed by atoms with van der Waals surface area (Å²) in [5.41, 5.74) is 4.13. The second kappa shape index (κ2) is 8.84. The van der Waals surface area contributed by atoms with Crippen LogP contribution in [0.1, 0.15) is 41.9 Å². The highest BCUT2D eigenvalue weighted by Crippen LogP contribution is 2.38. The molecule has 0 fully saturated rings. The monoisotopic (exact) mass is 394 g/mol. The number of aromatic nitrogens is 1. The van der Waals surface area contributed by atoms with Crippen molar-refractivity contribution in [2.24, 2.45) is 0 Å². The van der Waals surface area contributed by atoms with Crippen LogP contribution < -0.4 is 15.5 Å². The zero-order valence-electron chi connectivity index (χ0n) is 16.2. The Morgan fingerprint density at radius 1 is 1.25 bits per heavy atom. The van der Waals surface area contributed by atoms with E-state index in [0.29, 0.717) is 5.92 Å². The topological polar surface area (TPSA) is 51.2 Å². The summed E-state index contributed by atoms with van der Waals surface area (Å²) in [6.45, 7) is 1.96. The molecule has 1 N–H and O–H groups in total. The minimum absolute atomic E-state index is 0.00261. The van der Waals surface area contributed by atoms with Crippen LogP contribution in [0, 0.1) is 0 Å². The van der Waals surface area contributed by atoms with Crippen LogP contribution in [0.3, 0.4) is 0 Å². The van der Waals surface area contributed by atoms with Gasteiger partial charge in [-0.3, -0.25) is 4.79 Å². The molecule has 4 nitrogen and oxygen atoms in total. The number of benzene rings is 2. The molecule has 1 aliphatic carbocycles. The minimum atomic E-state index is 0.00261. The van der Waals surface area contributed by atoms with E-state index in [2.05, 4.69) is 40.0 Å². The maximum Gasteiger partial charge on any atom is 0.206 e. The minimum Gasteiger partial charge on any atom is -0.496 e. The quantitative estimate of drug-likeness (QED) is 0.607. The van der Waals surface area contributed by atoms with Crippen molar-refractivity contribution >= 4 is 21.6 Å². The molecule has 1 aliphatic rings. The summed E-state index contributed by atoms with van der Waals surface area (Å²) in [4.78, 5) is 11.8. The van der Waals surface area contributed by atoms with Crippen molar-refractivity contribution in [2.75, 3.05) is 20.2 Å². The molecule has 146 valence electrons. The Labute approximate surface area is 169 Å². The molecule has 1 heterocycles. The van der Waals surface area contributed by atoms with Crippen molar-refractivity contribution in [3.8, 4) is 5.75 Å². The number of nitrogens with zero attached hydrogens (tertiary/aromatic N) is 1. The van der Waals surface area contributed by atoms with Gasteiger partial charge in [0.15, 0.2) is 0 Å². The molecule has 1 aromatic heterocycles. The summed E-state index contributed by atoms with van der Waals surface area (Å²) in [7, 11) is 1.77. The van der Waals surface area contributed by atoms with Crippen LogP contribution in [-0.4, -0.2) is 24.6 Å². The first-order valence-electron chi connectivity index (χ1n) is 10.0. The van der Waals surface area contributed by atoms with Gasteiger partial charge in [-0.25, -0.2) is 0 Å². The smallest absolute Gasteiger partial charge is 0.206 e. The first-order chi connectivity index (χ1) is 13.8. The van der Waals surface area contributed by atoms with Crippen molar-refractivity contribution in [3.63, 3.8) is 0 Å². The Hall–Kier alpha value is -2.24. The molecule has 2 aromatic carbocycles. The highest BCUT2D eigenvalue weighted by atomic mass is 32.1. The van der Waals surface area contributed by atoms with Crippen molar-refractivity contribution < 1.29 is 4.74 Å². The summed E-state index contributed by atoms with van der Waals surface area (Å²) in [5.74, 6) is 1.67. The Kier molecular flexibility index (Phi) is 6.03. The zero-order valence-corrected chi connectivity index (χ0v) is 17.1. The molecular formula is C23H26N2O2S. The molecule has 0 radical (unpaired) electrons. The zero-order chi connectivity index (χ0) is 19.3. The van der Waals surface area contributed by atoms with E-state index in [4.69, 9.17) is 4.74 Å². The van der Waals surface area contributed by atoms with Gasteiger partial charge < -0.3 is 10.1 Å². The van der Waals surface area contributed by atoms with Gasteiger partial charge in [0.1, 0.15) is 5.75 Å². The first-order valence-corrected chi connectivity index (χ1v) is 10.8. The molecule has 28 heavy (non-hydrogen) atoms. The van der Waals surface area contributed by atoms with E-state index in [9.17, 15) is 4.79 Å². The molecule has 0 amide bonds. The fourth-order valence-corrected chi connectivity index (χ4v) is 4.97. The van der Waals surface area contributed by atoms with E-state index in [0.717, 1.165) is 48.2 Å². The van der Waals surface area contributed by atoms with Crippen LogP contribution >= 0.6 is 11.5 Å². The third-order valence-electron chi connectivity index (χ3n) is 5.70. The number of nitrogens with one attached hydrogen (secondary N) is 1. The van der Waals surface area contributed by atoms with Gasteiger partial charge in [0.05, 0.1) is 18.0 Å². The Morgan fingerprint density at radius 2 is 2.18 bits per heavy atom. The van der Waals surface area contributed by atoms with Crippen LogP contribution in [-0.2, 0) is 12.8 Å². The molecule has 4 rings (SSSR count). The van der Waals surface area contributed by atoms with Crippen molar-refractivity contribution in [1.29, 1.82) is 0 Å². The van der Waals surface area contributed by atoms with Gasteiger partial charge in [0, 0.05) is 5.39 Å². The van der Waals surface area contributed by atoms with E-state index in [1.54, 1.807) is 7.11 Å². The summed E-state index contributed by atoms with van der Waals surface area (Å²) >= 11 is 1.38. The fraction of sp³-hybridized carbons (Fsp3) is 0.391. The highest BCUT2D eigenvalue weighted by Gasteiger charge is 2.22. The molecule has 0 saturated carbocycles. The Balaban J connectivity index is 1.30. The van der Waals surface area contributed by atoms with Gasteiger partial charge in [0.25, 0.3) is 0 Å². The Morgan fingerprint density at radius 3 is 3.07 bits per heavy atom. The molecule has 5 heteroatoms. The summed E-state index contributed by atoms with van der Waals surface area (Å²) in [6.07, 6.45) is 7.15. The third-order valence-corrected chi connectivity index (χ3v) is 6.45. The third kappa shape index (κ3) is 4.10. The van der Waals surface area contributed by atoms with Crippen LogP contribution in [0.15, 0.2) is 47.4 Å². The van der Waals surface area contributed by atoms with E-state index >= 15 is 0 Å². The molecule has 3 aromatic rings. The number of methoxy groups -OCH3 is 1. The first kappa shape index (κ1) is 19.1. The molecule has 0 spiro atoms. The molecule has 0 bridgehead atoms. The SMILES string of the molecule is COc1cccc2c1CCCC2CCNCCc1ccc2c(=O)cnsc2c1. The van der Waals surface area contributed by atoms with Gasteiger partial charge in [0.2, 0.25) is 5.43 Å². The normalized spacial score (nSPS) is 16.1. The molecule has 1 atom stereocenters. The lowest BCUT2D eigenvalue weighted by molar-refractivity contribution is 0.401. The van der Waals surface area contributed by atoms with Crippen molar-refractivity contribution in [2.45, 2.75) is 38.0 Å². The standard InChI is InChI=1S/C23H26N2O2S/c1-27-22-7-3-5-18-17(4-2-6-19(18)22)11-13-24-12-10-16-8-9-20-21(26)15-25-28-23(20)14-16/h3,5,7-9,14-15,17,24H,2,4,6,10-13H2,1H3. The second-order valence-electron chi connectivity index (χ2n) is 7.43. The van der Waals surface area contributed by atoms with Gasteiger partial charge in [-0.15, -0.1) is 0 Å². The van der Waals surface area contributed by atoms with E-state index < -0.39 is 0 Å². The lowest BCUT2D eigenvalue weighted by Crippen LogP contribution is -2.22. The fourth-order valence-electron chi connectivity index (χ4n) is 4.24. The number of ether oxygens (including phenoxy) is 1. The summed E-state index contributed by atoms with van der Waals surface area (Å²) in [6, 6.07) is 12.6. The van der Waals surface area contributed by atoms with E-state index in [1.165, 1.54) is 47.3 Å². The lowest BCUT2D eigenvalue weighted by atomic mass is 9.80. The molecule has 1 unspecified atom stereocenters. The Bertz CT molecular complexity index is 1010. The van der Waals surface area contributed by atoms with Gasteiger partial charge in [-0.2, -0.15) is 4.37 Å². The van der Waals surface area contributed by atoms with Crippen LogP contribution in [0.4, 0.5) is 0 Å². The molecular weight excluding hydrogens is 368 g/mol. The van der Waals surface area contributed by atoms with Crippen LogP contribution in [0.2, 0.25) is 0 Å². The maximum absolute atomic E-state index is 11.8. The van der Waals surface area contributed by atoms with Gasteiger partial charge >= 0.3 is 0 Å². The highest BCUT2D eigenvalue weighted by molar-refractivity contribution is 7.12. The number of hydrogen-bond acceptors (Lipinski definition) is 5. The summed E-state index contributed by atoms with van der Waals surface area (Å²) in [5, 5.41) is 4.36. The van der Waals surface area contributed by atoms with Crippen LogP contribution in [0.25, 0.3) is 10.1 Å². The predicted octanol–water partition coefficient (Wildman–Crippen LogP) is 4.31. The van der Waals surface area contributed by atoms with E-state index in [1.807, 2.05) is 6.07 Å². The largest absolute Gasteiger partial charge is 0.496 e. The van der Waals surface area contributed by atoms with Gasteiger partial charge in [-0.1, -0.05) is 18.2 Å². The number of fused-ring (bicyclic) bond motifs is 2. The van der Waals surface area contributed by atoms with Crippen molar-refractivity contribution in [3.05, 3.63) is 69.5 Å². The van der Waals surface area contributed by atoms with Gasteiger partial charge in [-0.05, 0) is 97.5 Å². The number of rotatable bonds is 7. The molecule has 0 saturated heterocycles. The number of hydrogen-bond donors (Lipinski definition) is 1. The summed E-state index contributed by atoms with van der Waals surface area (Å²) < 4.78 is 10.6. The average molecular weight is 395 g/mol. The molecule has 0 aliphatic heterocycles. The average Bonchev–Trinajstić information content (AvgIpc) is 2.73. The maximum atomic E-state index is 11.8.